The molecule has 5 heteroatoms. The van der Waals surface area contributed by atoms with Crippen molar-refractivity contribution in [3.63, 3.8) is 0 Å². The summed E-state index contributed by atoms with van der Waals surface area (Å²) in [7, 11) is 3.17. The van der Waals surface area contributed by atoms with Gasteiger partial charge in [-0.15, -0.1) is 0 Å². The van der Waals surface area contributed by atoms with E-state index in [0.29, 0.717) is 24.7 Å². The Morgan fingerprint density at radius 3 is 2.39 bits per heavy atom. The summed E-state index contributed by atoms with van der Waals surface area (Å²) in [5.41, 5.74) is 2.00. The summed E-state index contributed by atoms with van der Waals surface area (Å²) < 4.78 is 16.3. The molecular formula is C23H29NO4. The molecule has 0 spiro atoms. The lowest BCUT2D eigenvalue weighted by molar-refractivity contribution is -0.116. The Labute approximate surface area is 167 Å². The molecule has 0 radical (unpaired) electrons. The van der Waals surface area contributed by atoms with Crippen molar-refractivity contribution in [2.45, 2.75) is 26.2 Å². The van der Waals surface area contributed by atoms with Gasteiger partial charge < -0.3 is 19.5 Å². The maximum Gasteiger partial charge on any atom is 0.244 e. The van der Waals surface area contributed by atoms with Crippen LogP contribution in [0, 0.1) is 0 Å². The van der Waals surface area contributed by atoms with E-state index in [4.69, 9.17) is 14.2 Å². The number of ether oxygens (including phenoxy) is 3. The first-order valence-corrected chi connectivity index (χ1v) is 9.25. The van der Waals surface area contributed by atoms with Gasteiger partial charge >= 0.3 is 0 Å². The van der Waals surface area contributed by atoms with Crippen LogP contribution in [0.1, 0.15) is 31.9 Å². The van der Waals surface area contributed by atoms with Gasteiger partial charge in [0.25, 0.3) is 0 Å². The highest BCUT2D eigenvalue weighted by molar-refractivity contribution is 5.91. The molecule has 0 aromatic heterocycles. The number of methoxy groups -OCH3 is 2. The predicted molar refractivity (Wildman–Crippen MR) is 112 cm³/mol. The number of nitrogens with one attached hydrogen (secondary N) is 1. The summed E-state index contributed by atoms with van der Waals surface area (Å²) in [6, 6.07) is 13.5. The SMILES string of the molecule is COc1ccc(/C=C/C(=O)NCCOc2ccccc2C(C)(C)C)cc1OC. The van der Waals surface area contributed by atoms with Crippen LogP contribution in [0.25, 0.3) is 6.08 Å². The minimum atomic E-state index is -0.178. The molecule has 0 saturated carbocycles. The number of hydrogen-bond donors (Lipinski definition) is 1. The van der Waals surface area contributed by atoms with E-state index in [1.54, 1.807) is 26.4 Å². The van der Waals surface area contributed by atoms with E-state index in [-0.39, 0.29) is 11.3 Å². The molecule has 0 aliphatic carbocycles. The second kappa shape index (κ2) is 9.83. The number of hydrogen-bond acceptors (Lipinski definition) is 4. The zero-order chi connectivity index (χ0) is 20.6. The molecule has 0 fully saturated rings. The molecule has 0 unspecified atom stereocenters. The fraction of sp³-hybridized carbons (Fsp3) is 0.348. The quantitative estimate of drug-likeness (QED) is 0.548. The summed E-state index contributed by atoms with van der Waals surface area (Å²) in [6.45, 7) is 7.28. The Morgan fingerprint density at radius 1 is 1.00 bits per heavy atom. The van der Waals surface area contributed by atoms with Gasteiger partial charge in [0.05, 0.1) is 20.8 Å². The van der Waals surface area contributed by atoms with Crippen LogP contribution in [-0.2, 0) is 10.2 Å². The van der Waals surface area contributed by atoms with Crippen molar-refractivity contribution in [3.8, 4) is 17.2 Å². The monoisotopic (exact) mass is 383 g/mol. The summed E-state index contributed by atoms with van der Waals surface area (Å²) in [5, 5.41) is 2.83. The van der Waals surface area contributed by atoms with Crippen LogP contribution in [0.5, 0.6) is 17.2 Å². The molecule has 2 rings (SSSR count). The van der Waals surface area contributed by atoms with Crippen molar-refractivity contribution in [1.29, 1.82) is 0 Å². The van der Waals surface area contributed by atoms with Gasteiger partial charge in [0.2, 0.25) is 5.91 Å². The molecule has 1 amide bonds. The molecule has 5 nitrogen and oxygen atoms in total. The fourth-order valence-corrected chi connectivity index (χ4v) is 2.73. The summed E-state index contributed by atoms with van der Waals surface area (Å²) in [6.07, 6.45) is 3.22. The second-order valence-electron chi connectivity index (χ2n) is 7.33. The van der Waals surface area contributed by atoms with Gasteiger partial charge in [-0.2, -0.15) is 0 Å². The molecule has 1 N–H and O–H groups in total. The Kier molecular flexibility index (Phi) is 7.50. The normalized spacial score (nSPS) is 11.3. The van der Waals surface area contributed by atoms with Gasteiger partial charge in [-0.3, -0.25) is 4.79 Å². The lowest BCUT2D eigenvalue weighted by Crippen LogP contribution is -2.26. The topological polar surface area (TPSA) is 56.8 Å². The van der Waals surface area contributed by atoms with Crippen molar-refractivity contribution in [1.82, 2.24) is 5.32 Å². The van der Waals surface area contributed by atoms with E-state index in [9.17, 15) is 4.79 Å². The highest BCUT2D eigenvalue weighted by Gasteiger charge is 2.18. The number of rotatable bonds is 8. The van der Waals surface area contributed by atoms with Crippen LogP contribution in [0.2, 0.25) is 0 Å². The number of carbonyl (C=O) groups is 1. The van der Waals surface area contributed by atoms with E-state index in [0.717, 1.165) is 16.9 Å². The molecule has 0 aliphatic heterocycles. The fourth-order valence-electron chi connectivity index (χ4n) is 2.73. The first-order valence-electron chi connectivity index (χ1n) is 9.25. The third-order valence-electron chi connectivity index (χ3n) is 4.19. The molecule has 0 saturated heterocycles. The number of para-hydroxylation sites is 1. The molecule has 2 aromatic carbocycles. The van der Waals surface area contributed by atoms with Gasteiger partial charge in [0, 0.05) is 6.08 Å². The Hall–Kier alpha value is -2.95. The average Bonchev–Trinajstić information content (AvgIpc) is 2.69. The smallest absolute Gasteiger partial charge is 0.244 e. The van der Waals surface area contributed by atoms with E-state index >= 15 is 0 Å². The zero-order valence-corrected chi connectivity index (χ0v) is 17.2. The van der Waals surface area contributed by atoms with Crippen LogP contribution in [-0.4, -0.2) is 33.3 Å². The maximum atomic E-state index is 12.0. The molecule has 28 heavy (non-hydrogen) atoms. The van der Waals surface area contributed by atoms with Crippen LogP contribution >= 0.6 is 0 Å². The van der Waals surface area contributed by atoms with Crippen molar-refractivity contribution in [3.05, 3.63) is 59.7 Å². The third-order valence-corrected chi connectivity index (χ3v) is 4.19. The minimum Gasteiger partial charge on any atom is -0.493 e. The average molecular weight is 383 g/mol. The van der Waals surface area contributed by atoms with Crippen molar-refractivity contribution < 1.29 is 19.0 Å². The second-order valence-corrected chi connectivity index (χ2v) is 7.33. The maximum absolute atomic E-state index is 12.0. The first-order chi connectivity index (χ1) is 13.3. The first kappa shape index (κ1) is 21.4. The molecule has 0 heterocycles. The van der Waals surface area contributed by atoms with Crippen molar-refractivity contribution in [2.24, 2.45) is 0 Å². The van der Waals surface area contributed by atoms with Crippen LogP contribution in [0.3, 0.4) is 0 Å². The lowest BCUT2D eigenvalue weighted by Gasteiger charge is -2.22. The highest BCUT2D eigenvalue weighted by atomic mass is 16.5. The van der Waals surface area contributed by atoms with Gasteiger partial charge in [-0.25, -0.2) is 0 Å². The molecule has 0 atom stereocenters. The lowest BCUT2D eigenvalue weighted by atomic mass is 9.86. The molecule has 0 aliphatic rings. The summed E-state index contributed by atoms with van der Waals surface area (Å²) >= 11 is 0. The third kappa shape index (κ3) is 6.05. The van der Waals surface area contributed by atoms with Crippen molar-refractivity contribution in [2.75, 3.05) is 27.4 Å². The van der Waals surface area contributed by atoms with Gasteiger partial charge in [0.15, 0.2) is 11.5 Å². The van der Waals surface area contributed by atoms with Crippen LogP contribution < -0.4 is 19.5 Å². The molecular weight excluding hydrogens is 354 g/mol. The van der Waals surface area contributed by atoms with Gasteiger partial charge in [-0.1, -0.05) is 45.0 Å². The predicted octanol–water partition coefficient (Wildman–Crippen LogP) is 4.21. The van der Waals surface area contributed by atoms with Crippen LogP contribution in [0.4, 0.5) is 0 Å². The largest absolute Gasteiger partial charge is 0.493 e. The van der Waals surface area contributed by atoms with Crippen molar-refractivity contribution >= 4 is 12.0 Å². The highest BCUT2D eigenvalue weighted by Crippen LogP contribution is 2.31. The van der Waals surface area contributed by atoms with E-state index in [2.05, 4.69) is 32.2 Å². The van der Waals surface area contributed by atoms with E-state index < -0.39 is 0 Å². The Bertz CT molecular complexity index is 822. The standard InChI is InChI=1S/C23H29NO4/c1-23(2,3)18-8-6-7-9-19(18)28-15-14-24-22(25)13-11-17-10-12-20(26-4)21(16-17)27-5/h6-13,16H,14-15H2,1-5H3,(H,24,25)/b13-11+. The van der Waals surface area contributed by atoms with Gasteiger partial charge in [0.1, 0.15) is 12.4 Å². The molecule has 150 valence electrons. The summed E-state index contributed by atoms with van der Waals surface area (Å²) in [5.74, 6) is 1.94. The zero-order valence-electron chi connectivity index (χ0n) is 17.2. The Morgan fingerprint density at radius 2 is 1.71 bits per heavy atom. The van der Waals surface area contributed by atoms with Crippen LogP contribution in [0.15, 0.2) is 48.5 Å². The summed E-state index contributed by atoms with van der Waals surface area (Å²) in [4.78, 5) is 12.0. The minimum absolute atomic E-state index is 0.00198. The molecule has 2 aromatic rings. The Balaban J connectivity index is 1.85. The number of carbonyl (C=O) groups excluding carboxylic acids is 1. The number of benzene rings is 2. The molecule has 0 bridgehead atoms. The van der Waals surface area contributed by atoms with E-state index in [1.807, 2.05) is 30.3 Å². The van der Waals surface area contributed by atoms with Gasteiger partial charge in [-0.05, 0) is 40.8 Å². The number of amides is 1. The van der Waals surface area contributed by atoms with E-state index in [1.165, 1.54) is 6.08 Å².